The third-order valence-electron chi connectivity index (χ3n) is 2.43. The van der Waals surface area contributed by atoms with Crippen LogP contribution in [0.25, 0.3) is 0 Å². The number of hydrogen-bond acceptors (Lipinski definition) is 1. The molecule has 0 atom stereocenters. The lowest BCUT2D eigenvalue weighted by molar-refractivity contribution is 0.0772. The normalized spacial score (nSPS) is 9.06. The van der Waals surface area contributed by atoms with Crippen LogP contribution in [0, 0.1) is 6.92 Å². The van der Waals surface area contributed by atoms with E-state index in [1.54, 1.807) is 0 Å². The second kappa shape index (κ2) is 7.91. The lowest BCUT2D eigenvalue weighted by Gasteiger charge is -2.19. The van der Waals surface area contributed by atoms with Crippen LogP contribution in [-0.2, 0) is 0 Å². The van der Waals surface area contributed by atoms with E-state index < -0.39 is 0 Å². The van der Waals surface area contributed by atoms with Crippen molar-refractivity contribution in [2.45, 2.75) is 34.6 Å². The lowest BCUT2D eigenvalue weighted by atomic mass is 10.1. The highest BCUT2D eigenvalue weighted by Gasteiger charge is 2.13. The molecule has 1 amide bonds. The van der Waals surface area contributed by atoms with Gasteiger partial charge in [0.1, 0.15) is 0 Å². The van der Waals surface area contributed by atoms with E-state index in [1.165, 1.54) is 0 Å². The van der Waals surface area contributed by atoms with Gasteiger partial charge in [0.05, 0.1) is 0 Å². The molecule has 1 rings (SSSR count). The summed E-state index contributed by atoms with van der Waals surface area (Å²) >= 11 is 0. The molecule has 90 valence electrons. The number of amides is 1. The zero-order valence-electron chi connectivity index (χ0n) is 11.1. The van der Waals surface area contributed by atoms with Crippen LogP contribution >= 0.6 is 0 Å². The van der Waals surface area contributed by atoms with Crippen LogP contribution in [0.4, 0.5) is 0 Å². The fourth-order valence-electron chi connectivity index (χ4n) is 1.49. The van der Waals surface area contributed by atoms with Gasteiger partial charge < -0.3 is 4.90 Å². The first-order valence-corrected chi connectivity index (χ1v) is 6.05. The van der Waals surface area contributed by atoms with E-state index in [2.05, 4.69) is 0 Å². The van der Waals surface area contributed by atoms with Crippen molar-refractivity contribution < 1.29 is 4.79 Å². The summed E-state index contributed by atoms with van der Waals surface area (Å²) in [5, 5.41) is 0. The van der Waals surface area contributed by atoms with Gasteiger partial charge in [-0.25, -0.2) is 0 Å². The Balaban J connectivity index is 0.00000106. The molecule has 0 aliphatic rings. The van der Waals surface area contributed by atoms with Gasteiger partial charge in [-0.05, 0) is 32.4 Å². The van der Waals surface area contributed by atoms with Crippen molar-refractivity contribution in [3.05, 3.63) is 35.4 Å². The van der Waals surface area contributed by atoms with E-state index in [0.717, 1.165) is 24.2 Å². The standard InChI is InChI=1S/C12H17NO.C2H6/c1-4-13(5-2)12(14)11-9-7-6-8-10(11)3;1-2/h6-9H,4-5H2,1-3H3;1-2H3. The lowest BCUT2D eigenvalue weighted by Crippen LogP contribution is -2.30. The summed E-state index contributed by atoms with van der Waals surface area (Å²) in [6.07, 6.45) is 0. The van der Waals surface area contributed by atoms with Gasteiger partial charge >= 0.3 is 0 Å². The van der Waals surface area contributed by atoms with Gasteiger partial charge in [-0.15, -0.1) is 0 Å². The highest BCUT2D eigenvalue weighted by atomic mass is 16.2. The van der Waals surface area contributed by atoms with Crippen molar-refractivity contribution in [2.75, 3.05) is 13.1 Å². The maximum Gasteiger partial charge on any atom is 0.254 e. The van der Waals surface area contributed by atoms with Crippen LogP contribution in [0.15, 0.2) is 24.3 Å². The number of benzene rings is 1. The molecular formula is C14H23NO. The Labute approximate surface area is 99.3 Å². The fraction of sp³-hybridized carbons (Fsp3) is 0.500. The van der Waals surface area contributed by atoms with E-state index in [9.17, 15) is 4.79 Å². The van der Waals surface area contributed by atoms with E-state index in [4.69, 9.17) is 0 Å². The summed E-state index contributed by atoms with van der Waals surface area (Å²) in [4.78, 5) is 13.8. The summed E-state index contributed by atoms with van der Waals surface area (Å²) < 4.78 is 0. The second-order valence-corrected chi connectivity index (χ2v) is 3.29. The van der Waals surface area contributed by atoms with Crippen molar-refractivity contribution in [1.29, 1.82) is 0 Å². The van der Waals surface area contributed by atoms with Crippen LogP contribution in [0.1, 0.15) is 43.6 Å². The SMILES string of the molecule is CC.CCN(CC)C(=O)c1ccccc1C. The van der Waals surface area contributed by atoms with Crippen molar-refractivity contribution in [2.24, 2.45) is 0 Å². The van der Waals surface area contributed by atoms with Crippen molar-refractivity contribution >= 4 is 5.91 Å². The molecule has 0 heterocycles. The van der Waals surface area contributed by atoms with Crippen LogP contribution in [0.2, 0.25) is 0 Å². The van der Waals surface area contributed by atoms with Crippen molar-refractivity contribution in [3.63, 3.8) is 0 Å². The van der Waals surface area contributed by atoms with Gasteiger partial charge in [0.25, 0.3) is 5.91 Å². The Hall–Kier alpha value is -1.31. The maximum atomic E-state index is 12.0. The van der Waals surface area contributed by atoms with Gasteiger partial charge in [-0.3, -0.25) is 4.79 Å². The first kappa shape index (κ1) is 14.7. The monoisotopic (exact) mass is 221 g/mol. The molecule has 0 spiro atoms. The Morgan fingerprint density at radius 1 is 1.12 bits per heavy atom. The second-order valence-electron chi connectivity index (χ2n) is 3.29. The maximum absolute atomic E-state index is 12.0. The minimum absolute atomic E-state index is 0.133. The minimum atomic E-state index is 0.133. The molecule has 2 nitrogen and oxygen atoms in total. The number of hydrogen-bond donors (Lipinski definition) is 0. The quantitative estimate of drug-likeness (QED) is 0.765. The van der Waals surface area contributed by atoms with Gasteiger partial charge in [-0.2, -0.15) is 0 Å². The largest absolute Gasteiger partial charge is 0.339 e. The molecule has 0 unspecified atom stereocenters. The molecule has 2 heteroatoms. The molecule has 1 aromatic rings. The fourth-order valence-corrected chi connectivity index (χ4v) is 1.49. The van der Waals surface area contributed by atoms with E-state index in [1.807, 2.05) is 63.8 Å². The Morgan fingerprint density at radius 3 is 2.06 bits per heavy atom. The third kappa shape index (κ3) is 3.69. The van der Waals surface area contributed by atoms with Crippen LogP contribution in [0.3, 0.4) is 0 Å². The zero-order chi connectivity index (χ0) is 12.6. The van der Waals surface area contributed by atoms with Gasteiger partial charge in [-0.1, -0.05) is 32.0 Å². The predicted octanol–water partition coefficient (Wildman–Crippen LogP) is 3.50. The highest BCUT2D eigenvalue weighted by molar-refractivity contribution is 5.95. The molecule has 16 heavy (non-hydrogen) atoms. The van der Waals surface area contributed by atoms with Gasteiger partial charge in [0.2, 0.25) is 0 Å². The molecule has 1 aromatic carbocycles. The topological polar surface area (TPSA) is 20.3 Å². The minimum Gasteiger partial charge on any atom is -0.339 e. The average molecular weight is 221 g/mol. The number of nitrogens with zero attached hydrogens (tertiary/aromatic N) is 1. The summed E-state index contributed by atoms with van der Waals surface area (Å²) in [5.41, 5.74) is 1.86. The summed E-state index contributed by atoms with van der Waals surface area (Å²) in [5.74, 6) is 0.133. The van der Waals surface area contributed by atoms with Gasteiger partial charge in [0, 0.05) is 18.7 Å². The highest BCUT2D eigenvalue weighted by Crippen LogP contribution is 2.10. The molecular weight excluding hydrogens is 198 g/mol. The molecule has 0 radical (unpaired) electrons. The Morgan fingerprint density at radius 2 is 1.62 bits per heavy atom. The summed E-state index contributed by atoms with van der Waals surface area (Å²) in [7, 11) is 0. The molecule has 0 bridgehead atoms. The van der Waals surface area contributed by atoms with E-state index in [0.29, 0.717) is 0 Å². The van der Waals surface area contributed by atoms with Crippen LogP contribution < -0.4 is 0 Å². The first-order chi connectivity index (χ1) is 7.70. The third-order valence-corrected chi connectivity index (χ3v) is 2.43. The molecule has 0 N–H and O–H groups in total. The van der Waals surface area contributed by atoms with Crippen molar-refractivity contribution in [3.8, 4) is 0 Å². The molecule has 0 fully saturated rings. The van der Waals surface area contributed by atoms with Crippen LogP contribution in [-0.4, -0.2) is 23.9 Å². The molecule has 0 aliphatic carbocycles. The molecule has 0 saturated carbocycles. The first-order valence-electron chi connectivity index (χ1n) is 6.05. The molecule has 0 saturated heterocycles. The smallest absolute Gasteiger partial charge is 0.254 e. The van der Waals surface area contributed by atoms with Crippen LogP contribution in [0.5, 0.6) is 0 Å². The molecule has 0 aromatic heterocycles. The number of rotatable bonds is 3. The summed E-state index contributed by atoms with van der Waals surface area (Å²) in [6.45, 7) is 11.5. The van der Waals surface area contributed by atoms with E-state index >= 15 is 0 Å². The zero-order valence-corrected chi connectivity index (χ0v) is 11.1. The van der Waals surface area contributed by atoms with Gasteiger partial charge in [0.15, 0.2) is 0 Å². The number of carbonyl (C=O) groups excluding carboxylic acids is 1. The average Bonchev–Trinajstić information content (AvgIpc) is 2.33. The Bertz CT molecular complexity index is 316. The predicted molar refractivity (Wildman–Crippen MR) is 69.8 cm³/mol. The Kier molecular flexibility index (Phi) is 7.27. The van der Waals surface area contributed by atoms with Crippen molar-refractivity contribution in [1.82, 2.24) is 4.90 Å². The summed E-state index contributed by atoms with van der Waals surface area (Å²) in [6, 6.07) is 7.71. The molecule has 0 aliphatic heterocycles. The number of carbonyl (C=O) groups is 1. The van der Waals surface area contributed by atoms with E-state index in [-0.39, 0.29) is 5.91 Å². The number of aryl methyl sites for hydroxylation is 1.